The topological polar surface area (TPSA) is 78.2 Å². The number of hydrogen-bond acceptors (Lipinski definition) is 5. The van der Waals surface area contributed by atoms with Crippen LogP contribution in [-0.4, -0.2) is 14.9 Å². The van der Waals surface area contributed by atoms with E-state index in [0.717, 1.165) is 0 Å². The summed E-state index contributed by atoms with van der Waals surface area (Å²) in [6.45, 7) is 0.0760. The predicted octanol–water partition coefficient (Wildman–Crippen LogP) is 3.38. The zero-order valence-electron chi connectivity index (χ0n) is 9.42. The van der Waals surface area contributed by atoms with Gasteiger partial charge in [-0.2, -0.15) is 0 Å². The molecule has 0 radical (unpaired) electrons. The molecule has 1 aromatic heterocycles. The van der Waals surface area contributed by atoms with E-state index >= 15 is 0 Å². The van der Waals surface area contributed by atoms with Crippen LogP contribution in [-0.2, 0) is 6.61 Å². The van der Waals surface area contributed by atoms with Crippen molar-refractivity contribution in [1.82, 2.24) is 9.97 Å². The van der Waals surface area contributed by atoms with Crippen molar-refractivity contribution in [3.8, 4) is 5.75 Å². The Balaban J connectivity index is 2.15. The number of halogens is 2. The van der Waals surface area contributed by atoms with Crippen LogP contribution >= 0.6 is 27.5 Å². The maximum Gasteiger partial charge on any atom is 0.312 e. The summed E-state index contributed by atoms with van der Waals surface area (Å²) in [5, 5.41) is 11.2. The van der Waals surface area contributed by atoms with Gasteiger partial charge in [-0.1, -0.05) is 27.5 Å². The fraction of sp³-hybridized carbons (Fsp3) is 0.0909. The monoisotopic (exact) mass is 343 g/mol. The Bertz CT molecular complexity index is 607. The van der Waals surface area contributed by atoms with Crippen molar-refractivity contribution in [2.24, 2.45) is 0 Å². The molecule has 0 aliphatic heterocycles. The molecule has 0 fully saturated rings. The maximum atomic E-state index is 10.9. The molecule has 8 heteroatoms. The van der Waals surface area contributed by atoms with Crippen molar-refractivity contribution in [3.63, 3.8) is 0 Å². The van der Waals surface area contributed by atoms with E-state index in [0.29, 0.717) is 10.2 Å². The van der Waals surface area contributed by atoms with Crippen LogP contribution < -0.4 is 4.74 Å². The van der Waals surface area contributed by atoms with Crippen molar-refractivity contribution in [3.05, 3.63) is 56.0 Å². The SMILES string of the molecule is O=[N+]([O-])c1cc(Br)ccc1OCc1cnc(Cl)cn1. The minimum absolute atomic E-state index is 0.0760. The molecule has 0 bridgehead atoms. The third kappa shape index (κ3) is 3.62. The van der Waals surface area contributed by atoms with Gasteiger partial charge in [-0.3, -0.25) is 15.1 Å². The predicted molar refractivity (Wildman–Crippen MR) is 72.2 cm³/mol. The highest BCUT2D eigenvalue weighted by Gasteiger charge is 2.15. The lowest BCUT2D eigenvalue weighted by molar-refractivity contribution is -0.386. The van der Waals surface area contributed by atoms with Crippen LogP contribution in [0.4, 0.5) is 5.69 Å². The van der Waals surface area contributed by atoms with E-state index in [2.05, 4.69) is 25.9 Å². The molecule has 0 atom stereocenters. The third-order valence-corrected chi connectivity index (χ3v) is 2.86. The summed E-state index contributed by atoms with van der Waals surface area (Å²) in [6.07, 6.45) is 2.84. The number of hydrogen-bond donors (Lipinski definition) is 0. The van der Waals surface area contributed by atoms with Gasteiger partial charge >= 0.3 is 5.69 Å². The second-order valence-electron chi connectivity index (χ2n) is 3.49. The number of nitro groups is 1. The molecule has 1 heterocycles. The number of aromatic nitrogens is 2. The molecule has 0 spiro atoms. The van der Waals surface area contributed by atoms with E-state index in [1.807, 2.05) is 0 Å². The van der Waals surface area contributed by atoms with E-state index in [-0.39, 0.29) is 23.2 Å². The number of ether oxygens (including phenoxy) is 1. The second-order valence-corrected chi connectivity index (χ2v) is 4.79. The third-order valence-electron chi connectivity index (χ3n) is 2.17. The minimum Gasteiger partial charge on any atom is -0.480 e. The van der Waals surface area contributed by atoms with Crippen LogP contribution in [0, 0.1) is 10.1 Å². The van der Waals surface area contributed by atoms with Gasteiger partial charge in [0.2, 0.25) is 0 Å². The van der Waals surface area contributed by atoms with Crippen LogP contribution in [0.15, 0.2) is 35.1 Å². The van der Waals surface area contributed by atoms with E-state index in [1.165, 1.54) is 24.5 Å². The van der Waals surface area contributed by atoms with Gasteiger partial charge in [-0.05, 0) is 12.1 Å². The van der Waals surface area contributed by atoms with Crippen molar-refractivity contribution in [2.45, 2.75) is 6.61 Å². The number of nitrogens with zero attached hydrogens (tertiary/aromatic N) is 3. The summed E-state index contributed by atoms with van der Waals surface area (Å²) >= 11 is 8.78. The highest BCUT2D eigenvalue weighted by molar-refractivity contribution is 9.10. The van der Waals surface area contributed by atoms with Crippen LogP contribution in [0.2, 0.25) is 5.15 Å². The molecule has 0 N–H and O–H groups in total. The average molecular weight is 345 g/mol. The van der Waals surface area contributed by atoms with E-state index in [9.17, 15) is 10.1 Å². The Kier molecular flexibility index (Phi) is 4.28. The van der Waals surface area contributed by atoms with E-state index in [1.54, 1.807) is 6.07 Å². The first-order valence-electron chi connectivity index (χ1n) is 5.09. The van der Waals surface area contributed by atoms with Gasteiger partial charge in [0.15, 0.2) is 5.75 Å². The first kappa shape index (κ1) is 13.7. The minimum atomic E-state index is -0.506. The summed E-state index contributed by atoms with van der Waals surface area (Å²) in [4.78, 5) is 18.2. The smallest absolute Gasteiger partial charge is 0.312 e. The molecule has 98 valence electrons. The molecule has 0 saturated carbocycles. The lowest BCUT2D eigenvalue weighted by Crippen LogP contribution is -2.01. The molecule has 0 aliphatic carbocycles. The van der Waals surface area contributed by atoms with E-state index in [4.69, 9.17) is 16.3 Å². The number of rotatable bonds is 4. The summed E-state index contributed by atoms with van der Waals surface area (Å²) in [5.74, 6) is 0.171. The number of nitro benzene ring substituents is 1. The summed E-state index contributed by atoms with van der Waals surface area (Å²) in [6, 6.07) is 4.56. The standard InChI is InChI=1S/C11H7BrClN3O3/c12-7-1-2-10(9(3-7)16(17)18)19-6-8-4-15-11(13)5-14-8/h1-5H,6H2. The Morgan fingerprint density at radius 1 is 1.37 bits per heavy atom. The van der Waals surface area contributed by atoms with Crippen LogP contribution in [0.1, 0.15) is 5.69 Å². The molecule has 2 rings (SSSR count). The normalized spacial score (nSPS) is 10.2. The lowest BCUT2D eigenvalue weighted by Gasteiger charge is -2.06. The molecule has 19 heavy (non-hydrogen) atoms. The molecule has 6 nitrogen and oxygen atoms in total. The molecule has 0 amide bonds. The molecular formula is C11H7BrClN3O3. The molecule has 0 aliphatic rings. The largest absolute Gasteiger partial charge is 0.480 e. The first-order chi connectivity index (χ1) is 9.06. The Labute approximate surface area is 121 Å². The highest BCUT2D eigenvalue weighted by atomic mass is 79.9. The average Bonchev–Trinajstić information content (AvgIpc) is 2.39. The zero-order chi connectivity index (χ0) is 13.8. The van der Waals surface area contributed by atoms with Crippen molar-refractivity contribution in [1.29, 1.82) is 0 Å². The second kappa shape index (κ2) is 5.94. The maximum absolute atomic E-state index is 10.9. The molecule has 2 aromatic rings. The van der Waals surface area contributed by atoms with Gasteiger partial charge < -0.3 is 4.74 Å². The van der Waals surface area contributed by atoms with Gasteiger partial charge in [-0.15, -0.1) is 0 Å². The Morgan fingerprint density at radius 2 is 2.16 bits per heavy atom. The van der Waals surface area contributed by atoms with Crippen molar-refractivity contribution in [2.75, 3.05) is 0 Å². The zero-order valence-corrected chi connectivity index (χ0v) is 11.8. The van der Waals surface area contributed by atoms with E-state index < -0.39 is 4.92 Å². The van der Waals surface area contributed by atoms with Gasteiger partial charge in [0.25, 0.3) is 0 Å². The Morgan fingerprint density at radius 3 is 2.79 bits per heavy atom. The van der Waals surface area contributed by atoms with Crippen LogP contribution in [0.25, 0.3) is 0 Å². The quantitative estimate of drug-likeness (QED) is 0.627. The summed E-state index contributed by atoms with van der Waals surface area (Å²) < 4.78 is 5.98. The lowest BCUT2D eigenvalue weighted by atomic mass is 10.3. The van der Waals surface area contributed by atoms with Gasteiger partial charge in [0, 0.05) is 10.5 Å². The fourth-order valence-corrected chi connectivity index (χ4v) is 1.77. The van der Waals surface area contributed by atoms with Gasteiger partial charge in [0.1, 0.15) is 11.8 Å². The van der Waals surface area contributed by atoms with Crippen molar-refractivity contribution < 1.29 is 9.66 Å². The van der Waals surface area contributed by atoms with Crippen molar-refractivity contribution >= 4 is 33.2 Å². The fourth-order valence-electron chi connectivity index (χ4n) is 1.32. The van der Waals surface area contributed by atoms with Gasteiger partial charge in [-0.25, -0.2) is 4.98 Å². The van der Waals surface area contributed by atoms with Crippen LogP contribution in [0.5, 0.6) is 5.75 Å². The number of benzene rings is 1. The molecular weight excluding hydrogens is 337 g/mol. The first-order valence-corrected chi connectivity index (χ1v) is 6.26. The Hall–Kier alpha value is -1.73. The summed E-state index contributed by atoms with van der Waals surface area (Å²) in [5.41, 5.74) is 0.415. The molecule has 0 saturated heterocycles. The molecule has 1 aromatic carbocycles. The van der Waals surface area contributed by atoms with Crippen LogP contribution in [0.3, 0.4) is 0 Å². The molecule has 0 unspecified atom stereocenters. The highest BCUT2D eigenvalue weighted by Crippen LogP contribution is 2.30. The summed E-state index contributed by atoms with van der Waals surface area (Å²) in [7, 11) is 0. The van der Waals surface area contributed by atoms with Gasteiger partial charge in [0.05, 0.1) is 23.0 Å².